The molecule has 3 N–H and O–H groups in total. The molecule has 2 rings (SSSR count). The summed E-state index contributed by atoms with van der Waals surface area (Å²) >= 11 is 0. The monoisotopic (exact) mass is 264 g/mol. The smallest absolute Gasteiger partial charge is 0.119 e. The van der Waals surface area contributed by atoms with Gasteiger partial charge in [-0.3, -0.25) is 11.3 Å². The molecule has 4 heteroatoms. The molecule has 0 heterocycles. The number of hydrogen-bond acceptors (Lipinski definition) is 4. The molecule has 0 amide bonds. The second kappa shape index (κ2) is 7.48. The minimum atomic E-state index is 0.131. The van der Waals surface area contributed by atoms with E-state index in [1.165, 1.54) is 18.4 Å². The quantitative estimate of drug-likeness (QED) is 0.409. The molecule has 1 aromatic rings. The molecule has 1 aliphatic rings. The van der Waals surface area contributed by atoms with Crippen LogP contribution in [-0.2, 0) is 4.74 Å². The maximum atomic E-state index is 5.73. The Hall–Kier alpha value is -1.10. The van der Waals surface area contributed by atoms with Crippen molar-refractivity contribution in [1.29, 1.82) is 0 Å². The van der Waals surface area contributed by atoms with Crippen molar-refractivity contribution in [2.24, 2.45) is 5.84 Å². The molecule has 0 spiro atoms. The molecule has 0 saturated heterocycles. The molecule has 1 aliphatic carbocycles. The highest BCUT2D eigenvalue weighted by Gasteiger charge is 2.23. The Bertz CT molecular complexity index is 363. The van der Waals surface area contributed by atoms with Crippen molar-refractivity contribution >= 4 is 0 Å². The van der Waals surface area contributed by atoms with Gasteiger partial charge in [0, 0.05) is 19.3 Å². The topological polar surface area (TPSA) is 56.5 Å². The third-order valence-corrected chi connectivity index (χ3v) is 3.21. The van der Waals surface area contributed by atoms with Gasteiger partial charge in [0.1, 0.15) is 5.75 Å². The lowest BCUT2D eigenvalue weighted by molar-refractivity contribution is 0.124. The fraction of sp³-hybridized carbons (Fsp3) is 0.600. The van der Waals surface area contributed by atoms with Crippen molar-refractivity contribution in [1.82, 2.24) is 5.43 Å². The first-order chi connectivity index (χ1) is 9.33. The molecule has 1 saturated carbocycles. The zero-order chi connectivity index (χ0) is 13.5. The molecule has 1 fully saturated rings. The summed E-state index contributed by atoms with van der Waals surface area (Å²) < 4.78 is 11.2. The Morgan fingerprint density at radius 1 is 1.26 bits per heavy atom. The maximum Gasteiger partial charge on any atom is 0.119 e. The predicted octanol–water partition coefficient (Wildman–Crippen LogP) is 2.55. The average molecular weight is 264 g/mol. The van der Waals surface area contributed by atoms with Gasteiger partial charge in [0.15, 0.2) is 0 Å². The van der Waals surface area contributed by atoms with Gasteiger partial charge in [-0.25, -0.2) is 0 Å². The van der Waals surface area contributed by atoms with Crippen molar-refractivity contribution in [2.75, 3.05) is 13.2 Å². The van der Waals surface area contributed by atoms with Gasteiger partial charge in [0.25, 0.3) is 0 Å². The summed E-state index contributed by atoms with van der Waals surface area (Å²) in [6, 6.07) is 8.31. The lowest BCUT2D eigenvalue weighted by atomic mass is 10.0. The first kappa shape index (κ1) is 14.3. The minimum absolute atomic E-state index is 0.131. The van der Waals surface area contributed by atoms with Gasteiger partial charge < -0.3 is 9.47 Å². The van der Waals surface area contributed by atoms with Gasteiger partial charge in [0.2, 0.25) is 0 Å². The summed E-state index contributed by atoms with van der Waals surface area (Å²) in [5.41, 5.74) is 4.02. The summed E-state index contributed by atoms with van der Waals surface area (Å²) in [7, 11) is 0. The number of nitrogens with two attached hydrogens (primary N) is 1. The third kappa shape index (κ3) is 4.82. The molecule has 4 nitrogen and oxygen atoms in total. The van der Waals surface area contributed by atoms with Crippen molar-refractivity contribution in [2.45, 2.75) is 44.8 Å². The van der Waals surface area contributed by atoms with E-state index in [4.69, 9.17) is 15.3 Å². The summed E-state index contributed by atoms with van der Waals surface area (Å²) in [5.74, 6) is 6.56. The number of rotatable bonds is 9. The van der Waals surface area contributed by atoms with E-state index in [-0.39, 0.29) is 6.04 Å². The van der Waals surface area contributed by atoms with Crippen molar-refractivity contribution in [3.05, 3.63) is 29.8 Å². The lowest BCUT2D eigenvalue weighted by Crippen LogP contribution is -2.29. The molecule has 19 heavy (non-hydrogen) atoms. The van der Waals surface area contributed by atoms with Gasteiger partial charge in [-0.1, -0.05) is 19.1 Å². The van der Waals surface area contributed by atoms with E-state index in [1.807, 2.05) is 12.1 Å². The van der Waals surface area contributed by atoms with Gasteiger partial charge in [-0.05, 0) is 43.4 Å². The van der Waals surface area contributed by atoms with Crippen molar-refractivity contribution < 1.29 is 9.47 Å². The molecule has 1 aromatic carbocycles. The van der Waals surface area contributed by atoms with Crippen LogP contribution in [0.5, 0.6) is 5.75 Å². The Labute approximate surface area is 115 Å². The highest BCUT2D eigenvalue weighted by Crippen LogP contribution is 2.27. The summed E-state index contributed by atoms with van der Waals surface area (Å²) in [6.45, 7) is 3.64. The van der Waals surface area contributed by atoms with Crippen LogP contribution < -0.4 is 16.0 Å². The molecule has 0 radical (unpaired) electrons. The van der Waals surface area contributed by atoms with E-state index in [1.54, 1.807) is 0 Å². The van der Waals surface area contributed by atoms with Crippen LogP contribution in [0.2, 0.25) is 0 Å². The zero-order valence-electron chi connectivity index (χ0n) is 11.6. The molecular formula is C15H24N2O2. The van der Waals surface area contributed by atoms with Crippen LogP contribution in [0.4, 0.5) is 0 Å². The Kier molecular flexibility index (Phi) is 5.63. The van der Waals surface area contributed by atoms with E-state index >= 15 is 0 Å². The normalized spacial score (nSPS) is 16.3. The van der Waals surface area contributed by atoms with Crippen LogP contribution in [-0.4, -0.2) is 19.3 Å². The Morgan fingerprint density at radius 3 is 2.58 bits per heavy atom. The number of hydrazine groups is 1. The largest absolute Gasteiger partial charge is 0.490 e. The fourth-order valence-corrected chi connectivity index (χ4v) is 1.95. The van der Waals surface area contributed by atoms with Crippen LogP contribution in [0.3, 0.4) is 0 Å². The van der Waals surface area contributed by atoms with Crippen molar-refractivity contribution in [3.8, 4) is 5.75 Å². The highest BCUT2D eigenvalue weighted by molar-refractivity contribution is 5.29. The Balaban J connectivity index is 1.82. The Morgan fingerprint density at radius 2 is 2.00 bits per heavy atom. The second-order valence-electron chi connectivity index (χ2n) is 5.01. The van der Waals surface area contributed by atoms with Crippen LogP contribution in [0.1, 0.15) is 44.2 Å². The minimum Gasteiger partial charge on any atom is -0.490 e. The molecule has 0 bridgehead atoms. The van der Waals surface area contributed by atoms with Gasteiger partial charge in [-0.15, -0.1) is 0 Å². The molecule has 1 atom stereocenters. The first-order valence-corrected chi connectivity index (χ1v) is 7.14. The average Bonchev–Trinajstić information content (AvgIpc) is 3.24. The summed E-state index contributed by atoms with van der Waals surface area (Å²) in [6.07, 6.45) is 4.73. The maximum absolute atomic E-state index is 5.73. The summed E-state index contributed by atoms with van der Waals surface area (Å²) in [4.78, 5) is 0. The van der Waals surface area contributed by atoms with E-state index in [0.717, 1.165) is 31.8 Å². The van der Waals surface area contributed by atoms with Crippen LogP contribution in [0, 0.1) is 0 Å². The third-order valence-electron chi connectivity index (χ3n) is 3.21. The first-order valence-electron chi connectivity index (χ1n) is 7.14. The van der Waals surface area contributed by atoms with Crippen molar-refractivity contribution in [3.63, 3.8) is 0 Å². The van der Waals surface area contributed by atoms with Crippen LogP contribution in [0.25, 0.3) is 0 Å². The molecule has 0 aromatic heterocycles. The highest BCUT2D eigenvalue weighted by atomic mass is 16.5. The molecule has 106 valence electrons. The predicted molar refractivity (Wildman–Crippen MR) is 75.9 cm³/mol. The summed E-state index contributed by atoms with van der Waals surface area (Å²) in [5, 5.41) is 0. The molecule has 1 unspecified atom stereocenters. The SMILES string of the molecule is CCCOCCC(NN)c1ccc(OC2CC2)cc1. The van der Waals surface area contributed by atoms with E-state index in [0.29, 0.717) is 6.10 Å². The second-order valence-corrected chi connectivity index (χ2v) is 5.01. The number of ether oxygens (including phenoxy) is 2. The lowest BCUT2D eigenvalue weighted by Gasteiger charge is -2.17. The van der Waals surface area contributed by atoms with E-state index in [9.17, 15) is 0 Å². The van der Waals surface area contributed by atoms with E-state index in [2.05, 4.69) is 24.5 Å². The standard InChI is InChI=1S/C15H24N2O2/c1-2-10-18-11-9-15(17-16)12-3-5-13(6-4-12)19-14-7-8-14/h3-6,14-15,17H,2,7-11,16H2,1H3. The van der Waals surface area contributed by atoms with Gasteiger partial charge >= 0.3 is 0 Å². The van der Waals surface area contributed by atoms with E-state index < -0.39 is 0 Å². The zero-order valence-corrected chi connectivity index (χ0v) is 11.6. The van der Waals surface area contributed by atoms with Gasteiger partial charge in [0.05, 0.1) is 6.10 Å². The molecule has 0 aliphatic heterocycles. The number of hydrogen-bond donors (Lipinski definition) is 2. The number of benzene rings is 1. The van der Waals surface area contributed by atoms with Gasteiger partial charge in [-0.2, -0.15) is 0 Å². The molecular weight excluding hydrogens is 240 g/mol. The number of nitrogens with one attached hydrogen (secondary N) is 1. The van der Waals surface area contributed by atoms with Crippen LogP contribution >= 0.6 is 0 Å². The fourth-order valence-electron chi connectivity index (χ4n) is 1.95. The van der Waals surface area contributed by atoms with Crippen LogP contribution in [0.15, 0.2) is 24.3 Å².